The van der Waals surface area contributed by atoms with Gasteiger partial charge in [-0.3, -0.25) is 14.5 Å². The molecule has 2 fully saturated rings. The van der Waals surface area contributed by atoms with Gasteiger partial charge < -0.3 is 4.74 Å². The summed E-state index contributed by atoms with van der Waals surface area (Å²) in [5.41, 5.74) is 0.956. The molecule has 1 aromatic carbocycles. The predicted octanol–water partition coefficient (Wildman–Crippen LogP) is 2.00. The monoisotopic (exact) mass is 283 g/mol. The second-order valence-electron chi connectivity index (χ2n) is 6.11. The Morgan fingerprint density at radius 3 is 2.14 bits per heavy atom. The molecule has 0 N–H and O–H groups in total. The first-order valence-electron chi connectivity index (χ1n) is 7.35. The number of rotatable bonds is 3. The maximum atomic E-state index is 12.6. The van der Waals surface area contributed by atoms with Crippen LogP contribution in [-0.4, -0.2) is 23.8 Å². The van der Waals surface area contributed by atoms with Crippen LogP contribution in [-0.2, 0) is 16.1 Å². The van der Waals surface area contributed by atoms with Crippen molar-refractivity contribution in [2.75, 3.05) is 7.11 Å². The molecule has 3 aliphatic rings. The van der Waals surface area contributed by atoms with Gasteiger partial charge in [0.2, 0.25) is 11.8 Å². The third-order valence-electron chi connectivity index (χ3n) is 5.06. The maximum absolute atomic E-state index is 12.6. The number of fused-ring (bicyclic) bond motifs is 5. The second kappa shape index (κ2) is 4.45. The van der Waals surface area contributed by atoms with E-state index in [0.29, 0.717) is 6.54 Å². The zero-order chi connectivity index (χ0) is 14.6. The van der Waals surface area contributed by atoms with Gasteiger partial charge in [0.05, 0.1) is 25.5 Å². The van der Waals surface area contributed by atoms with E-state index in [4.69, 9.17) is 4.74 Å². The van der Waals surface area contributed by atoms with E-state index in [1.165, 1.54) is 4.90 Å². The molecule has 4 rings (SSSR count). The Bertz CT molecular complexity index is 604. The van der Waals surface area contributed by atoms with Crippen molar-refractivity contribution < 1.29 is 14.3 Å². The number of nitrogens with zero attached hydrogens (tertiary/aromatic N) is 1. The molecular weight excluding hydrogens is 266 g/mol. The molecule has 1 aliphatic heterocycles. The number of methoxy groups -OCH3 is 1. The van der Waals surface area contributed by atoms with Crippen molar-refractivity contribution in [2.45, 2.75) is 13.0 Å². The Morgan fingerprint density at radius 2 is 1.62 bits per heavy atom. The fourth-order valence-corrected chi connectivity index (χ4v) is 4.03. The third-order valence-corrected chi connectivity index (χ3v) is 5.06. The van der Waals surface area contributed by atoms with Crippen molar-refractivity contribution in [3.05, 3.63) is 42.0 Å². The number of allylic oxidation sites excluding steroid dienone is 2. The molecule has 2 bridgehead atoms. The topological polar surface area (TPSA) is 46.6 Å². The molecule has 2 amide bonds. The van der Waals surface area contributed by atoms with Crippen LogP contribution >= 0.6 is 0 Å². The van der Waals surface area contributed by atoms with E-state index in [0.717, 1.165) is 17.7 Å². The molecule has 0 spiro atoms. The van der Waals surface area contributed by atoms with Gasteiger partial charge in [-0.05, 0) is 36.0 Å². The van der Waals surface area contributed by atoms with E-state index in [-0.39, 0.29) is 35.5 Å². The molecule has 4 heteroatoms. The summed E-state index contributed by atoms with van der Waals surface area (Å²) in [7, 11) is 1.62. The smallest absolute Gasteiger partial charge is 0.234 e. The number of ether oxygens (including phenoxy) is 1. The van der Waals surface area contributed by atoms with Gasteiger partial charge in [-0.15, -0.1) is 0 Å². The van der Waals surface area contributed by atoms with Gasteiger partial charge in [0.1, 0.15) is 5.75 Å². The van der Waals surface area contributed by atoms with Gasteiger partial charge >= 0.3 is 0 Å². The van der Waals surface area contributed by atoms with E-state index >= 15 is 0 Å². The van der Waals surface area contributed by atoms with Gasteiger partial charge in [-0.1, -0.05) is 24.3 Å². The lowest BCUT2D eigenvalue weighted by Gasteiger charge is -2.17. The lowest BCUT2D eigenvalue weighted by molar-refractivity contribution is -0.141. The molecule has 4 nitrogen and oxygen atoms in total. The van der Waals surface area contributed by atoms with Crippen LogP contribution in [0.2, 0.25) is 0 Å². The molecule has 0 radical (unpaired) electrons. The van der Waals surface area contributed by atoms with E-state index in [1.807, 2.05) is 24.3 Å². The molecular formula is C17H17NO3. The Morgan fingerprint density at radius 1 is 1.05 bits per heavy atom. The number of carbonyl (C=O) groups excluding carboxylic acids is 2. The second-order valence-corrected chi connectivity index (χ2v) is 6.11. The van der Waals surface area contributed by atoms with Crippen molar-refractivity contribution in [2.24, 2.45) is 23.7 Å². The fourth-order valence-electron chi connectivity index (χ4n) is 4.03. The Labute approximate surface area is 123 Å². The zero-order valence-electron chi connectivity index (χ0n) is 11.9. The van der Waals surface area contributed by atoms with Crippen LogP contribution in [0.15, 0.2) is 36.4 Å². The first-order valence-corrected chi connectivity index (χ1v) is 7.35. The highest BCUT2D eigenvalue weighted by Crippen LogP contribution is 2.52. The third kappa shape index (κ3) is 1.75. The van der Waals surface area contributed by atoms with Crippen LogP contribution in [0.25, 0.3) is 0 Å². The fraction of sp³-hybridized carbons (Fsp3) is 0.412. The van der Waals surface area contributed by atoms with Gasteiger partial charge in [-0.2, -0.15) is 0 Å². The highest BCUT2D eigenvalue weighted by atomic mass is 16.5. The quantitative estimate of drug-likeness (QED) is 0.629. The summed E-state index contributed by atoms with van der Waals surface area (Å²) in [5, 5.41) is 0. The molecule has 1 saturated carbocycles. The number of imide groups is 1. The molecule has 108 valence electrons. The summed E-state index contributed by atoms with van der Waals surface area (Å²) in [6, 6.07) is 7.51. The first kappa shape index (κ1) is 12.6. The van der Waals surface area contributed by atoms with Crippen LogP contribution in [0.5, 0.6) is 5.75 Å². The lowest BCUT2D eigenvalue weighted by atomic mass is 9.85. The molecule has 21 heavy (non-hydrogen) atoms. The number of hydrogen-bond donors (Lipinski definition) is 0. The average molecular weight is 283 g/mol. The van der Waals surface area contributed by atoms with E-state index in [2.05, 4.69) is 12.2 Å². The summed E-state index contributed by atoms with van der Waals surface area (Å²) >= 11 is 0. The van der Waals surface area contributed by atoms with Gasteiger partial charge in [-0.25, -0.2) is 0 Å². The molecule has 4 atom stereocenters. The van der Waals surface area contributed by atoms with Crippen LogP contribution in [0.3, 0.4) is 0 Å². The van der Waals surface area contributed by atoms with Crippen molar-refractivity contribution in [1.29, 1.82) is 0 Å². The zero-order valence-corrected chi connectivity index (χ0v) is 11.9. The van der Waals surface area contributed by atoms with Crippen LogP contribution in [0.4, 0.5) is 0 Å². The number of carbonyl (C=O) groups is 2. The van der Waals surface area contributed by atoms with E-state index in [1.54, 1.807) is 7.11 Å². The summed E-state index contributed by atoms with van der Waals surface area (Å²) < 4.78 is 5.12. The minimum Gasteiger partial charge on any atom is -0.497 e. The van der Waals surface area contributed by atoms with Crippen LogP contribution in [0, 0.1) is 23.7 Å². The summed E-state index contributed by atoms with van der Waals surface area (Å²) in [4.78, 5) is 26.6. The number of benzene rings is 1. The summed E-state index contributed by atoms with van der Waals surface area (Å²) in [6.45, 7) is 0.369. The molecule has 0 aromatic heterocycles. The van der Waals surface area contributed by atoms with Gasteiger partial charge in [0, 0.05) is 0 Å². The normalized spacial score (nSPS) is 32.9. The van der Waals surface area contributed by atoms with Crippen molar-refractivity contribution in [3.63, 3.8) is 0 Å². The molecule has 1 saturated heterocycles. The molecule has 1 aromatic rings. The highest BCUT2D eigenvalue weighted by Gasteiger charge is 2.59. The predicted molar refractivity (Wildman–Crippen MR) is 76.3 cm³/mol. The van der Waals surface area contributed by atoms with E-state index in [9.17, 15) is 9.59 Å². The molecule has 0 unspecified atom stereocenters. The number of amides is 2. The Kier molecular flexibility index (Phi) is 2.67. The van der Waals surface area contributed by atoms with E-state index < -0.39 is 0 Å². The summed E-state index contributed by atoms with van der Waals surface area (Å²) in [6.07, 6.45) is 5.21. The molecule has 1 heterocycles. The standard InChI is InChI=1S/C17H17NO3/c1-21-13-6-2-10(3-7-13)9-18-16(19)14-11-4-5-12(8-11)15(14)17(18)20/h2-7,11-12,14-15H,8-9H2,1H3/t11-,12-,14-,15-/m0/s1. The number of likely N-dealkylation sites (tertiary alicyclic amines) is 1. The Hall–Kier alpha value is -2.10. The first-order chi connectivity index (χ1) is 10.2. The lowest BCUT2D eigenvalue weighted by Crippen LogP contribution is -2.32. The largest absolute Gasteiger partial charge is 0.497 e. The average Bonchev–Trinajstić information content (AvgIpc) is 3.18. The van der Waals surface area contributed by atoms with Crippen molar-refractivity contribution >= 4 is 11.8 Å². The number of hydrogen-bond acceptors (Lipinski definition) is 3. The van der Waals surface area contributed by atoms with Gasteiger partial charge in [0.25, 0.3) is 0 Å². The van der Waals surface area contributed by atoms with Crippen LogP contribution < -0.4 is 4.74 Å². The highest BCUT2D eigenvalue weighted by molar-refractivity contribution is 6.06. The van der Waals surface area contributed by atoms with Crippen LogP contribution in [0.1, 0.15) is 12.0 Å². The minimum absolute atomic E-state index is 0.0117. The SMILES string of the molecule is COc1ccc(CN2C(=O)[C@@H]3[C@@H](C2=O)[C@H]2C=C[C@H]3C2)cc1. The molecule has 2 aliphatic carbocycles. The van der Waals surface area contributed by atoms with Crippen molar-refractivity contribution in [1.82, 2.24) is 4.90 Å². The van der Waals surface area contributed by atoms with Gasteiger partial charge in [0.15, 0.2) is 0 Å². The Balaban J connectivity index is 1.56. The minimum atomic E-state index is -0.106. The van der Waals surface area contributed by atoms with Crippen molar-refractivity contribution in [3.8, 4) is 5.75 Å². The summed E-state index contributed by atoms with van der Waals surface area (Å²) in [5.74, 6) is 1.14. The maximum Gasteiger partial charge on any atom is 0.234 e.